The second-order valence-corrected chi connectivity index (χ2v) is 10.3. The lowest BCUT2D eigenvalue weighted by molar-refractivity contribution is -0.134. The van der Waals surface area contributed by atoms with Crippen LogP contribution in [0.4, 0.5) is 0 Å². The summed E-state index contributed by atoms with van der Waals surface area (Å²) in [7, 11) is 0. The van der Waals surface area contributed by atoms with Crippen molar-refractivity contribution < 1.29 is 14.4 Å². The van der Waals surface area contributed by atoms with Gasteiger partial charge in [0.1, 0.15) is 12.1 Å². The van der Waals surface area contributed by atoms with E-state index in [0.717, 1.165) is 42.1 Å². The average Bonchev–Trinajstić information content (AvgIpc) is 3.22. The van der Waals surface area contributed by atoms with Crippen molar-refractivity contribution in [3.63, 3.8) is 0 Å². The van der Waals surface area contributed by atoms with E-state index in [9.17, 15) is 14.4 Å². The highest BCUT2D eigenvalue weighted by molar-refractivity contribution is 5.93. The van der Waals surface area contributed by atoms with Crippen molar-refractivity contribution >= 4 is 28.6 Å². The summed E-state index contributed by atoms with van der Waals surface area (Å²) in [5, 5.41) is 9.88. The van der Waals surface area contributed by atoms with E-state index >= 15 is 0 Å². The Labute approximate surface area is 210 Å². The van der Waals surface area contributed by atoms with Crippen LogP contribution in [0.25, 0.3) is 10.9 Å². The van der Waals surface area contributed by atoms with Gasteiger partial charge in [-0.15, -0.1) is 0 Å². The first-order valence-electron chi connectivity index (χ1n) is 13.1. The minimum atomic E-state index is -0.742. The highest BCUT2D eigenvalue weighted by atomic mass is 16.2. The molecule has 3 atom stereocenters. The van der Waals surface area contributed by atoms with E-state index in [4.69, 9.17) is 0 Å². The molecule has 0 fully saturated rings. The number of amides is 3. The molecular formula is C28H44N4O3. The van der Waals surface area contributed by atoms with Crippen molar-refractivity contribution in [2.24, 2.45) is 17.8 Å². The molecule has 0 aliphatic carbocycles. The summed E-state index contributed by atoms with van der Waals surface area (Å²) >= 11 is 0. The van der Waals surface area contributed by atoms with Gasteiger partial charge in [0.2, 0.25) is 17.7 Å². The molecule has 1 heterocycles. The first kappa shape index (κ1) is 28.4. The third-order valence-corrected chi connectivity index (χ3v) is 6.29. The van der Waals surface area contributed by atoms with Crippen molar-refractivity contribution in [1.82, 2.24) is 20.9 Å². The predicted octanol–water partition coefficient (Wildman–Crippen LogP) is 4.32. The van der Waals surface area contributed by atoms with Crippen LogP contribution in [0.3, 0.4) is 0 Å². The fourth-order valence-corrected chi connectivity index (χ4v) is 4.44. The quantitative estimate of drug-likeness (QED) is 0.321. The van der Waals surface area contributed by atoms with Gasteiger partial charge in [0, 0.05) is 36.0 Å². The lowest BCUT2D eigenvalue weighted by Crippen LogP contribution is -2.56. The lowest BCUT2D eigenvalue weighted by Gasteiger charge is -2.27. The van der Waals surface area contributed by atoms with Crippen molar-refractivity contribution in [1.29, 1.82) is 0 Å². The molecule has 1 aromatic heterocycles. The molecule has 3 amide bonds. The molecule has 0 saturated heterocycles. The maximum Gasteiger partial charge on any atom is 0.243 e. The number of H-pyrrole nitrogens is 1. The van der Waals surface area contributed by atoms with Crippen LogP contribution in [0.1, 0.15) is 72.8 Å². The van der Waals surface area contributed by atoms with Gasteiger partial charge < -0.3 is 20.9 Å². The zero-order valence-electron chi connectivity index (χ0n) is 22.2. The van der Waals surface area contributed by atoms with Crippen molar-refractivity contribution in [3.8, 4) is 0 Å². The molecule has 7 heteroatoms. The van der Waals surface area contributed by atoms with Gasteiger partial charge in [0.05, 0.1) is 0 Å². The Morgan fingerprint density at radius 1 is 0.914 bits per heavy atom. The Hall–Kier alpha value is -2.83. The Bertz CT molecular complexity index is 966. The molecule has 0 radical (unpaired) electrons. The maximum atomic E-state index is 13.4. The fraction of sp³-hybridized carbons (Fsp3) is 0.607. The van der Waals surface area contributed by atoms with E-state index in [1.807, 2.05) is 51.2 Å². The summed E-state index contributed by atoms with van der Waals surface area (Å²) in [5.41, 5.74) is 1.95. The third kappa shape index (κ3) is 8.41. The van der Waals surface area contributed by atoms with Gasteiger partial charge in [-0.1, -0.05) is 66.2 Å². The molecule has 0 bridgehead atoms. The minimum absolute atomic E-state index is 0.0852. The molecule has 7 nitrogen and oxygen atoms in total. The van der Waals surface area contributed by atoms with E-state index < -0.39 is 12.1 Å². The number of aromatic nitrogens is 1. The number of benzene rings is 1. The van der Waals surface area contributed by atoms with Crippen molar-refractivity contribution in [2.45, 2.75) is 85.7 Å². The second-order valence-electron chi connectivity index (χ2n) is 10.3. The molecule has 2 rings (SSSR count). The number of carbonyl (C=O) groups is 3. The molecule has 0 spiro atoms. The molecule has 4 N–H and O–H groups in total. The topological polar surface area (TPSA) is 103 Å². The molecule has 2 aromatic rings. The molecule has 1 aromatic carbocycles. The van der Waals surface area contributed by atoms with E-state index in [0.29, 0.717) is 18.9 Å². The number of carbonyl (C=O) groups excluding carboxylic acids is 3. The van der Waals surface area contributed by atoms with E-state index in [1.54, 1.807) is 0 Å². The van der Waals surface area contributed by atoms with Crippen molar-refractivity contribution in [2.75, 3.05) is 6.54 Å². The zero-order valence-corrected chi connectivity index (χ0v) is 22.2. The summed E-state index contributed by atoms with van der Waals surface area (Å²) in [6.07, 6.45) is 5.54. The first-order chi connectivity index (χ1) is 16.7. The van der Waals surface area contributed by atoms with Gasteiger partial charge in [-0.3, -0.25) is 14.4 Å². The van der Waals surface area contributed by atoms with Crippen molar-refractivity contribution in [3.05, 3.63) is 36.0 Å². The van der Waals surface area contributed by atoms with Gasteiger partial charge in [0.25, 0.3) is 0 Å². The van der Waals surface area contributed by atoms with E-state index in [1.165, 1.54) is 0 Å². The number of rotatable bonds is 14. The third-order valence-electron chi connectivity index (χ3n) is 6.29. The maximum absolute atomic E-state index is 13.4. The van der Waals surface area contributed by atoms with Crippen LogP contribution in [0.5, 0.6) is 0 Å². The monoisotopic (exact) mass is 484 g/mol. The van der Waals surface area contributed by atoms with Gasteiger partial charge >= 0.3 is 0 Å². The number of para-hydroxylation sites is 1. The zero-order chi connectivity index (χ0) is 26.0. The highest BCUT2D eigenvalue weighted by Gasteiger charge is 2.31. The smallest absolute Gasteiger partial charge is 0.243 e. The number of fused-ring (bicyclic) bond motifs is 1. The Morgan fingerprint density at radius 2 is 1.63 bits per heavy atom. The summed E-state index contributed by atoms with van der Waals surface area (Å²) in [5.74, 6) is -0.478. The van der Waals surface area contributed by atoms with Gasteiger partial charge in [-0.05, 0) is 42.7 Å². The minimum Gasteiger partial charge on any atom is -0.361 e. The summed E-state index contributed by atoms with van der Waals surface area (Å²) in [4.78, 5) is 42.7. The standard InChI is InChI=1S/C28H44N4O3/c1-7-11-20(15-18(3)4)26(33)32-25(19(5)6)28(35)31-24(27(34)29-14-8-2)16-21-17-30-23-13-10-9-12-22(21)23/h9-10,12-13,17-20,24-25,30H,7-8,11,14-16H2,1-6H3,(H,29,34)(H,31,35)(H,32,33). The van der Waals surface area contributed by atoms with Crippen LogP contribution >= 0.6 is 0 Å². The number of hydrogen-bond acceptors (Lipinski definition) is 3. The van der Waals surface area contributed by atoms with Gasteiger partial charge in [-0.25, -0.2) is 0 Å². The number of hydrogen-bond donors (Lipinski definition) is 4. The van der Waals surface area contributed by atoms with Gasteiger partial charge in [-0.2, -0.15) is 0 Å². The van der Waals surface area contributed by atoms with Crippen LogP contribution in [-0.2, 0) is 20.8 Å². The molecule has 0 aliphatic heterocycles. The molecule has 0 aliphatic rings. The second kappa shape index (κ2) is 13.9. The Morgan fingerprint density at radius 3 is 2.26 bits per heavy atom. The summed E-state index contributed by atoms with van der Waals surface area (Å²) in [6.45, 7) is 12.6. The Balaban J connectivity index is 2.20. The van der Waals surface area contributed by atoms with E-state index in [2.05, 4.69) is 41.7 Å². The number of aromatic amines is 1. The molecule has 3 unspecified atom stereocenters. The van der Waals surface area contributed by atoms with Crippen LogP contribution < -0.4 is 16.0 Å². The SMILES string of the molecule is CCCNC(=O)C(Cc1c[nH]c2ccccc12)NC(=O)C(NC(=O)C(CCC)CC(C)C)C(C)C. The predicted molar refractivity (Wildman–Crippen MR) is 142 cm³/mol. The van der Waals surface area contributed by atoms with Crippen LogP contribution in [0.15, 0.2) is 30.5 Å². The first-order valence-corrected chi connectivity index (χ1v) is 13.1. The lowest BCUT2D eigenvalue weighted by atomic mass is 9.91. The highest BCUT2D eigenvalue weighted by Crippen LogP contribution is 2.20. The average molecular weight is 485 g/mol. The molecule has 194 valence electrons. The Kier molecular flexibility index (Phi) is 11.3. The largest absolute Gasteiger partial charge is 0.361 e. The molecular weight excluding hydrogens is 440 g/mol. The fourth-order valence-electron chi connectivity index (χ4n) is 4.44. The summed E-state index contributed by atoms with van der Waals surface area (Å²) < 4.78 is 0. The summed E-state index contributed by atoms with van der Waals surface area (Å²) in [6, 6.07) is 6.45. The number of nitrogens with one attached hydrogen (secondary N) is 4. The molecule has 0 saturated carbocycles. The normalized spacial score (nSPS) is 14.1. The van der Waals surface area contributed by atoms with Crippen LogP contribution in [0, 0.1) is 17.8 Å². The van der Waals surface area contributed by atoms with Crippen LogP contribution in [-0.4, -0.2) is 41.3 Å². The van der Waals surface area contributed by atoms with Crippen LogP contribution in [0.2, 0.25) is 0 Å². The van der Waals surface area contributed by atoms with E-state index in [-0.39, 0.29) is 29.6 Å². The molecule has 35 heavy (non-hydrogen) atoms. The van der Waals surface area contributed by atoms with Gasteiger partial charge in [0.15, 0.2) is 0 Å².